The Morgan fingerprint density at radius 1 is 1.13 bits per heavy atom. The number of methoxy groups -OCH3 is 1. The maximum atomic E-state index is 12.3. The molecule has 3 rings (SSSR count). The highest BCUT2D eigenvalue weighted by molar-refractivity contribution is 8.00. The van der Waals surface area contributed by atoms with Crippen molar-refractivity contribution in [2.75, 3.05) is 20.3 Å². The Morgan fingerprint density at radius 3 is 2.58 bits per heavy atom. The SMILES string of the molecule is CCOC(=O)C(CC)Sc1ccc2nnc(CCNC(=O)c3ccc(OC)cc3)n2n1. The van der Waals surface area contributed by atoms with Crippen molar-refractivity contribution < 1.29 is 19.1 Å². The molecule has 0 fully saturated rings. The summed E-state index contributed by atoms with van der Waals surface area (Å²) in [6.07, 6.45) is 1.09. The van der Waals surface area contributed by atoms with Crippen LogP contribution in [0.1, 0.15) is 36.5 Å². The smallest absolute Gasteiger partial charge is 0.319 e. The molecule has 1 unspecified atom stereocenters. The van der Waals surface area contributed by atoms with Gasteiger partial charge in [0.15, 0.2) is 11.5 Å². The van der Waals surface area contributed by atoms with E-state index in [1.807, 2.05) is 13.0 Å². The molecule has 1 aromatic carbocycles. The summed E-state index contributed by atoms with van der Waals surface area (Å²) in [6, 6.07) is 10.5. The summed E-state index contributed by atoms with van der Waals surface area (Å²) < 4.78 is 11.9. The lowest BCUT2D eigenvalue weighted by molar-refractivity contribution is -0.142. The highest BCUT2D eigenvalue weighted by Crippen LogP contribution is 2.25. The van der Waals surface area contributed by atoms with Crippen molar-refractivity contribution in [2.24, 2.45) is 0 Å². The highest BCUT2D eigenvalue weighted by Gasteiger charge is 2.20. The van der Waals surface area contributed by atoms with Gasteiger partial charge in [0.1, 0.15) is 16.0 Å². The first-order valence-corrected chi connectivity index (χ1v) is 10.9. The summed E-state index contributed by atoms with van der Waals surface area (Å²) in [6.45, 7) is 4.45. The van der Waals surface area contributed by atoms with E-state index in [0.29, 0.717) is 53.8 Å². The molecule has 0 aliphatic carbocycles. The standard InChI is InChI=1S/C21H25N5O4S/c1-4-16(21(28)30-5-2)31-19-11-10-17-23-24-18(26(17)25-19)12-13-22-20(27)14-6-8-15(29-3)9-7-14/h6-11,16H,4-5,12-13H2,1-3H3,(H,22,27). The molecule has 2 heterocycles. The average Bonchev–Trinajstić information content (AvgIpc) is 3.19. The minimum atomic E-state index is -0.325. The fraction of sp³-hybridized carbons (Fsp3) is 0.381. The summed E-state index contributed by atoms with van der Waals surface area (Å²) in [5.74, 6) is 0.888. The third kappa shape index (κ3) is 5.72. The summed E-state index contributed by atoms with van der Waals surface area (Å²) in [7, 11) is 1.58. The number of nitrogens with one attached hydrogen (secondary N) is 1. The van der Waals surface area contributed by atoms with E-state index in [1.54, 1.807) is 48.9 Å². The van der Waals surface area contributed by atoms with Crippen molar-refractivity contribution in [1.82, 2.24) is 25.1 Å². The number of hydrogen-bond donors (Lipinski definition) is 1. The van der Waals surface area contributed by atoms with Gasteiger partial charge in [-0.05, 0) is 49.7 Å². The van der Waals surface area contributed by atoms with Crippen molar-refractivity contribution >= 4 is 29.3 Å². The Hall–Kier alpha value is -3.14. The van der Waals surface area contributed by atoms with Gasteiger partial charge in [0, 0.05) is 18.5 Å². The molecule has 0 spiro atoms. The summed E-state index contributed by atoms with van der Waals surface area (Å²) >= 11 is 1.35. The Bertz CT molecular complexity index is 1040. The first-order valence-electron chi connectivity index (χ1n) is 10.0. The van der Waals surface area contributed by atoms with Gasteiger partial charge in [-0.3, -0.25) is 9.59 Å². The number of carbonyl (C=O) groups is 2. The number of hydrogen-bond acceptors (Lipinski definition) is 8. The third-order valence-electron chi connectivity index (χ3n) is 4.47. The summed E-state index contributed by atoms with van der Waals surface area (Å²) in [4.78, 5) is 24.4. The van der Waals surface area contributed by atoms with Crippen LogP contribution in [0.4, 0.5) is 0 Å². The van der Waals surface area contributed by atoms with E-state index < -0.39 is 0 Å². The number of esters is 1. The predicted molar refractivity (Wildman–Crippen MR) is 116 cm³/mol. The van der Waals surface area contributed by atoms with Crippen molar-refractivity contribution in [3.05, 3.63) is 47.8 Å². The van der Waals surface area contributed by atoms with E-state index in [2.05, 4.69) is 20.6 Å². The van der Waals surface area contributed by atoms with Gasteiger partial charge in [-0.15, -0.1) is 10.2 Å². The van der Waals surface area contributed by atoms with Gasteiger partial charge in [-0.1, -0.05) is 18.7 Å². The van der Waals surface area contributed by atoms with Crippen molar-refractivity contribution in [1.29, 1.82) is 0 Å². The zero-order chi connectivity index (χ0) is 22.2. The molecule has 0 aliphatic rings. The minimum Gasteiger partial charge on any atom is -0.497 e. The quantitative estimate of drug-likeness (QED) is 0.376. The van der Waals surface area contributed by atoms with Crippen LogP contribution in [0.15, 0.2) is 41.4 Å². The third-order valence-corrected chi connectivity index (χ3v) is 5.74. The highest BCUT2D eigenvalue weighted by atomic mass is 32.2. The van der Waals surface area contributed by atoms with Crippen LogP contribution in [0, 0.1) is 0 Å². The van der Waals surface area contributed by atoms with Crippen LogP contribution >= 0.6 is 11.8 Å². The lowest BCUT2D eigenvalue weighted by Crippen LogP contribution is -2.26. The van der Waals surface area contributed by atoms with Crippen LogP contribution in [0.3, 0.4) is 0 Å². The molecule has 0 bridgehead atoms. The number of benzene rings is 1. The Morgan fingerprint density at radius 2 is 1.90 bits per heavy atom. The molecule has 0 saturated heterocycles. The van der Waals surface area contributed by atoms with Crippen LogP contribution in [-0.2, 0) is 16.0 Å². The van der Waals surface area contributed by atoms with Crippen LogP contribution in [0.25, 0.3) is 5.65 Å². The fourth-order valence-electron chi connectivity index (χ4n) is 2.85. The first kappa shape index (κ1) is 22.5. The number of amides is 1. The molecule has 10 heteroatoms. The Labute approximate surface area is 184 Å². The maximum absolute atomic E-state index is 12.3. The lowest BCUT2D eigenvalue weighted by Gasteiger charge is -2.12. The average molecular weight is 444 g/mol. The largest absolute Gasteiger partial charge is 0.497 e. The zero-order valence-corrected chi connectivity index (χ0v) is 18.5. The molecule has 2 aromatic heterocycles. The number of rotatable bonds is 10. The second-order valence-corrected chi connectivity index (χ2v) is 7.78. The molecule has 164 valence electrons. The van der Waals surface area contributed by atoms with Gasteiger partial charge in [0.05, 0.1) is 13.7 Å². The second kappa shape index (κ2) is 10.8. The van der Waals surface area contributed by atoms with Crippen molar-refractivity contribution in [2.45, 2.75) is 37.0 Å². The number of ether oxygens (including phenoxy) is 2. The summed E-state index contributed by atoms with van der Waals surface area (Å²) in [5, 5.41) is 16.1. The zero-order valence-electron chi connectivity index (χ0n) is 17.7. The van der Waals surface area contributed by atoms with E-state index in [-0.39, 0.29) is 17.1 Å². The van der Waals surface area contributed by atoms with Crippen LogP contribution in [0.5, 0.6) is 5.75 Å². The number of fused-ring (bicyclic) bond motifs is 1. The molecule has 9 nitrogen and oxygen atoms in total. The topological polar surface area (TPSA) is 108 Å². The van der Waals surface area contributed by atoms with Crippen LogP contribution in [-0.4, -0.2) is 57.2 Å². The van der Waals surface area contributed by atoms with Gasteiger partial charge < -0.3 is 14.8 Å². The molecule has 0 saturated carbocycles. The van der Waals surface area contributed by atoms with Gasteiger partial charge in [-0.2, -0.15) is 9.61 Å². The van der Waals surface area contributed by atoms with Gasteiger partial charge in [-0.25, -0.2) is 0 Å². The molecule has 0 aliphatic heterocycles. The Balaban J connectivity index is 1.63. The minimum absolute atomic E-state index is 0.180. The van der Waals surface area contributed by atoms with Gasteiger partial charge in [0.2, 0.25) is 0 Å². The molecule has 31 heavy (non-hydrogen) atoms. The van der Waals surface area contributed by atoms with Crippen LogP contribution < -0.4 is 10.1 Å². The van der Waals surface area contributed by atoms with Crippen LogP contribution in [0.2, 0.25) is 0 Å². The van der Waals surface area contributed by atoms with Crippen molar-refractivity contribution in [3.63, 3.8) is 0 Å². The van der Waals surface area contributed by atoms with E-state index in [1.165, 1.54) is 11.8 Å². The lowest BCUT2D eigenvalue weighted by atomic mass is 10.2. The van der Waals surface area contributed by atoms with E-state index in [0.717, 1.165) is 0 Å². The first-order chi connectivity index (χ1) is 15.0. The van der Waals surface area contributed by atoms with E-state index in [9.17, 15) is 9.59 Å². The van der Waals surface area contributed by atoms with Gasteiger partial charge >= 0.3 is 5.97 Å². The number of nitrogens with zero attached hydrogens (tertiary/aromatic N) is 4. The Kier molecular flexibility index (Phi) is 7.82. The fourth-order valence-corrected chi connectivity index (χ4v) is 3.74. The summed E-state index contributed by atoms with van der Waals surface area (Å²) in [5.41, 5.74) is 1.15. The molecule has 3 aromatic rings. The number of aromatic nitrogens is 4. The second-order valence-electron chi connectivity index (χ2n) is 6.56. The molecule has 0 radical (unpaired) electrons. The predicted octanol–water partition coefficient (Wildman–Crippen LogP) is 2.54. The van der Waals surface area contributed by atoms with Crippen molar-refractivity contribution in [3.8, 4) is 5.75 Å². The molecular weight excluding hydrogens is 418 g/mol. The maximum Gasteiger partial charge on any atom is 0.319 e. The number of thioether (sulfide) groups is 1. The monoisotopic (exact) mass is 443 g/mol. The molecular formula is C21H25N5O4S. The van der Waals surface area contributed by atoms with E-state index in [4.69, 9.17) is 9.47 Å². The number of carbonyl (C=O) groups excluding carboxylic acids is 2. The normalized spacial score (nSPS) is 11.8. The van der Waals surface area contributed by atoms with E-state index >= 15 is 0 Å². The van der Waals surface area contributed by atoms with Gasteiger partial charge in [0.25, 0.3) is 5.91 Å². The molecule has 1 N–H and O–H groups in total. The molecule has 1 amide bonds. The molecule has 1 atom stereocenters.